The molecule has 0 aliphatic heterocycles. The van der Waals surface area contributed by atoms with Gasteiger partial charge in [0.1, 0.15) is 0 Å². The summed E-state index contributed by atoms with van der Waals surface area (Å²) in [7, 11) is 0. The van der Waals surface area contributed by atoms with Gasteiger partial charge in [0, 0.05) is 30.3 Å². The van der Waals surface area contributed by atoms with E-state index in [0.29, 0.717) is 0 Å². The predicted octanol–water partition coefficient (Wildman–Crippen LogP) is 3.47. The SMILES string of the molecule is CCCCCNc1cccc(-n2ccnc2)c1. The van der Waals surface area contributed by atoms with Crippen LogP contribution in [0, 0.1) is 0 Å². The van der Waals surface area contributed by atoms with Gasteiger partial charge in [-0.2, -0.15) is 0 Å². The lowest BCUT2D eigenvalue weighted by atomic mass is 10.2. The Hall–Kier alpha value is -1.77. The van der Waals surface area contributed by atoms with Crippen molar-refractivity contribution >= 4 is 5.69 Å². The molecule has 1 aromatic heterocycles. The third-order valence-electron chi connectivity index (χ3n) is 2.76. The summed E-state index contributed by atoms with van der Waals surface area (Å²) in [5, 5.41) is 3.45. The van der Waals surface area contributed by atoms with Crippen molar-refractivity contribution in [1.29, 1.82) is 0 Å². The van der Waals surface area contributed by atoms with E-state index in [1.165, 1.54) is 24.9 Å². The smallest absolute Gasteiger partial charge is 0.0991 e. The minimum atomic E-state index is 1.04. The van der Waals surface area contributed by atoms with Crippen LogP contribution in [0.3, 0.4) is 0 Å². The van der Waals surface area contributed by atoms with Crippen LogP contribution in [0.15, 0.2) is 43.0 Å². The van der Waals surface area contributed by atoms with Gasteiger partial charge in [0.05, 0.1) is 6.33 Å². The van der Waals surface area contributed by atoms with Crippen LogP contribution in [-0.4, -0.2) is 16.1 Å². The van der Waals surface area contributed by atoms with E-state index in [4.69, 9.17) is 0 Å². The van der Waals surface area contributed by atoms with Crippen LogP contribution in [0.4, 0.5) is 5.69 Å². The van der Waals surface area contributed by atoms with Crippen molar-refractivity contribution in [2.24, 2.45) is 0 Å². The van der Waals surface area contributed by atoms with E-state index in [-0.39, 0.29) is 0 Å². The summed E-state index contributed by atoms with van der Waals surface area (Å²) < 4.78 is 2.01. The Labute approximate surface area is 103 Å². The molecule has 0 fully saturated rings. The first-order chi connectivity index (χ1) is 8.40. The van der Waals surface area contributed by atoms with Crippen LogP contribution in [0.5, 0.6) is 0 Å². The van der Waals surface area contributed by atoms with E-state index in [0.717, 1.165) is 12.2 Å². The zero-order valence-corrected chi connectivity index (χ0v) is 10.3. The lowest BCUT2D eigenvalue weighted by molar-refractivity contribution is 0.744. The monoisotopic (exact) mass is 229 g/mol. The maximum Gasteiger partial charge on any atom is 0.0991 e. The van der Waals surface area contributed by atoms with Crippen LogP contribution in [0.2, 0.25) is 0 Å². The first-order valence-corrected chi connectivity index (χ1v) is 6.22. The second-order valence-electron chi connectivity index (χ2n) is 4.15. The molecule has 0 spiro atoms. The van der Waals surface area contributed by atoms with Crippen LogP contribution in [0.1, 0.15) is 26.2 Å². The van der Waals surface area contributed by atoms with E-state index in [1.54, 1.807) is 6.20 Å². The fraction of sp³-hybridized carbons (Fsp3) is 0.357. The molecule has 17 heavy (non-hydrogen) atoms. The number of nitrogens with zero attached hydrogens (tertiary/aromatic N) is 2. The van der Waals surface area contributed by atoms with Crippen molar-refractivity contribution in [3.8, 4) is 5.69 Å². The maximum atomic E-state index is 4.06. The molecule has 3 heteroatoms. The van der Waals surface area contributed by atoms with Gasteiger partial charge in [-0.25, -0.2) is 4.98 Å². The van der Waals surface area contributed by atoms with E-state index < -0.39 is 0 Å². The number of imidazole rings is 1. The van der Waals surface area contributed by atoms with E-state index in [2.05, 4.69) is 41.5 Å². The van der Waals surface area contributed by atoms with Gasteiger partial charge in [0.15, 0.2) is 0 Å². The summed E-state index contributed by atoms with van der Waals surface area (Å²) in [6.07, 6.45) is 9.34. The molecule has 2 aromatic rings. The van der Waals surface area contributed by atoms with E-state index >= 15 is 0 Å². The first-order valence-electron chi connectivity index (χ1n) is 6.22. The highest BCUT2D eigenvalue weighted by Gasteiger charge is 1.97. The third kappa shape index (κ3) is 3.34. The maximum absolute atomic E-state index is 4.06. The molecule has 3 nitrogen and oxygen atoms in total. The molecular formula is C14H19N3. The Balaban J connectivity index is 1.97. The average Bonchev–Trinajstić information content (AvgIpc) is 2.89. The molecular weight excluding hydrogens is 210 g/mol. The Bertz CT molecular complexity index is 434. The molecule has 0 atom stereocenters. The molecule has 1 heterocycles. The summed E-state index contributed by atoms with van der Waals surface area (Å²) in [5.74, 6) is 0. The molecule has 0 amide bonds. The minimum Gasteiger partial charge on any atom is -0.385 e. The van der Waals surface area contributed by atoms with Crippen molar-refractivity contribution in [3.63, 3.8) is 0 Å². The zero-order valence-electron chi connectivity index (χ0n) is 10.3. The Kier molecular flexibility index (Phi) is 4.19. The van der Waals surface area contributed by atoms with Crippen molar-refractivity contribution in [3.05, 3.63) is 43.0 Å². The summed E-state index contributed by atoms with van der Waals surface area (Å²) in [5.41, 5.74) is 2.32. The molecule has 0 saturated carbocycles. The highest BCUT2D eigenvalue weighted by molar-refractivity contribution is 5.51. The second-order valence-corrected chi connectivity index (χ2v) is 4.15. The van der Waals surface area contributed by atoms with Gasteiger partial charge in [-0.15, -0.1) is 0 Å². The molecule has 1 N–H and O–H groups in total. The molecule has 0 aliphatic rings. The summed E-state index contributed by atoms with van der Waals surface area (Å²) in [6.45, 7) is 3.26. The fourth-order valence-corrected chi connectivity index (χ4v) is 1.80. The van der Waals surface area contributed by atoms with Crippen molar-refractivity contribution in [2.45, 2.75) is 26.2 Å². The van der Waals surface area contributed by atoms with Crippen LogP contribution >= 0.6 is 0 Å². The molecule has 2 rings (SSSR count). The number of unbranched alkanes of at least 4 members (excludes halogenated alkanes) is 2. The molecule has 0 aliphatic carbocycles. The van der Waals surface area contributed by atoms with Gasteiger partial charge in [-0.05, 0) is 24.6 Å². The van der Waals surface area contributed by atoms with Gasteiger partial charge in [0.2, 0.25) is 0 Å². The average molecular weight is 229 g/mol. The molecule has 0 saturated heterocycles. The van der Waals surface area contributed by atoms with E-state index in [9.17, 15) is 0 Å². The van der Waals surface area contributed by atoms with Gasteiger partial charge in [-0.3, -0.25) is 0 Å². The largest absolute Gasteiger partial charge is 0.385 e. The molecule has 90 valence electrons. The van der Waals surface area contributed by atoms with Crippen molar-refractivity contribution < 1.29 is 0 Å². The molecule has 0 bridgehead atoms. The highest BCUT2D eigenvalue weighted by atomic mass is 15.0. The number of rotatable bonds is 6. The summed E-state index contributed by atoms with van der Waals surface area (Å²) in [4.78, 5) is 4.06. The van der Waals surface area contributed by atoms with Crippen LogP contribution in [0.25, 0.3) is 5.69 Å². The first kappa shape index (κ1) is 11.7. The van der Waals surface area contributed by atoms with Crippen molar-refractivity contribution in [2.75, 3.05) is 11.9 Å². The van der Waals surface area contributed by atoms with E-state index in [1.807, 2.05) is 17.1 Å². The number of benzene rings is 1. The zero-order chi connectivity index (χ0) is 11.9. The number of hydrogen-bond donors (Lipinski definition) is 1. The van der Waals surface area contributed by atoms with Crippen LogP contribution < -0.4 is 5.32 Å². The third-order valence-corrected chi connectivity index (χ3v) is 2.76. The van der Waals surface area contributed by atoms with Gasteiger partial charge in [0.25, 0.3) is 0 Å². The van der Waals surface area contributed by atoms with Gasteiger partial charge >= 0.3 is 0 Å². The normalized spacial score (nSPS) is 10.4. The highest BCUT2D eigenvalue weighted by Crippen LogP contribution is 2.14. The van der Waals surface area contributed by atoms with Gasteiger partial charge < -0.3 is 9.88 Å². The fourth-order valence-electron chi connectivity index (χ4n) is 1.80. The minimum absolute atomic E-state index is 1.04. The molecule has 0 unspecified atom stereocenters. The predicted molar refractivity (Wildman–Crippen MR) is 71.6 cm³/mol. The van der Waals surface area contributed by atoms with Crippen molar-refractivity contribution in [1.82, 2.24) is 9.55 Å². The quantitative estimate of drug-likeness (QED) is 0.769. The number of nitrogens with one attached hydrogen (secondary N) is 1. The molecule has 1 aromatic carbocycles. The summed E-state index contributed by atoms with van der Waals surface area (Å²) in [6, 6.07) is 8.40. The second kappa shape index (κ2) is 6.09. The topological polar surface area (TPSA) is 29.9 Å². The lowest BCUT2D eigenvalue weighted by Gasteiger charge is -2.08. The summed E-state index contributed by atoms with van der Waals surface area (Å²) >= 11 is 0. The number of aromatic nitrogens is 2. The standard InChI is InChI=1S/C14H19N3/c1-2-3-4-8-16-13-6-5-7-14(11-13)17-10-9-15-12-17/h5-7,9-12,16H,2-4,8H2,1H3. The van der Waals surface area contributed by atoms with Gasteiger partial charge in [-0.1, -0.05) is 25.8 Å². The Morgan fingerprint density at radius 3 is 3.00 bits per heavy atom. The number of anilines is 1. The molecule has 0 radical (unpaired) electrons. The van der Waals surface area contributed by atoms with Crippen LogP contribution in [-0.2, 0) is 0 Å². The number of hydrogen-bond acceptors (Lipinski definition) is 2. The lowest BCUT2D eigenvalue weighted by Crippen LogP contribution is -2.01. The Morgan fingerprint density at radius 1 is 1.29 bits per heavy atom. The Morgan fingerprint density at radius 2 is 2.24 bits per heavy atom.